The van der Waals surface area contributed by atoms with E-state index in [-0.39, 0.29) is 5.78 Å². The number of hydrogen-bond donors (Lipinski definition) is 0. The zero-order valence-corrected chi connectivity index (χ0v) is 22.0. The Hall–Kier alpha value is -3.49. The molecule has 0 saturated carbocycles. The predicted octanol–water partition coefficient (Wildman–Crippen LogP) is 7.61. The van der Waals surface area contributed by atoms with Crippen LogP contribution in [0.25, 0.3) is 19.8 Å². The lowest BCUT2D eigenvalue weighted by Crippen LogP contribution is -2.28. The van der Waals surface area contributed by atoms with Crippen molar-refractivity contribution in [3.05, 3.63) is 138 Å². The quantitative estimate of drug-likeness (QED) is 0.164. The fourth-order valence-electron chi connectivity index (χ4n) is 4.61. The predicted molar refractivity (Wildman–Crippen MR) is 161 cm³/mol. The van der Waals surface area contributed by atoms with Crippen molar-refractivity contribution in [2.24, 2.45) is 0 Å². The molecule has 0 aliphatic carbocycles. The molecule has 0 bridgehead atoms. The third-order valence-electron chi connectivity index (χ3n) is 6.32. The highest BCUT2D eigenvalue weighted by Crippen LogP contribution is 2.44. The first-order valence-electron chi connectivity index (χ1n) is 11.8. The summed E-state index contributed by atoms with van der Waals surface area (Å²) < 4.78 is 1.27. The van der Waals surface area contributed by atoms with Crippen LogP contribution >= 0.6 is 29.6 Å². The molecule has 0 saturated heterocycles. The largest absolute Gasteiger partial charge is 0.288 e. The number of fused-ring (bicyclic) bond motifs is 1. The number of ketones is 1. The summed E-state index contributed by atoms with van der Waals surface area (Å²) in [7, 11) is 0. The Bertz CT molecular complexity index is 1560. The molecule has 2 aromatic heterocycles. The molecule has 0 aliphatic rings. The number of rotatable bonds is 6. The first-order valence-corrected chi connectivity index (χ1v) is 15.3. The van der Waals surface area contributed by atoms with Gasteiger partial charge in [-0.25, -0.2) is 0 Å². The number of carbonyl (C=O) groups excluding carboxylic acids is 1. The summed E-state index contributed by atoms with van der Waals surface area (Å²) in [6.45, 7) is -2.33. The number of Topliss-reactive ketones (excluding diaryl/α,β-unsaturated/α-hetero) is 1. The molecule has 0 radical (unpaired) electrons. The van der Waals surface area contributed by atoms with Gasteiger partial charge < -0.3 is 0 Å². The highest BCUT2D eigenvalue weighted by atomic mass is 32.1. The van der Waals surface area contributed by atoms with Gasteiger partial charge in [0.25, 0.3) is 0 Å². The zero-order chi connectivity index (χ0) is 24.4. The first-order chi connectivity index (χ1) is 17.7. The van der Waals surface area contributed by atoms with E-state index in [1.165, 1.54) is 30.9 Å². The summed E-state index contributed by atoms with van der Waals surface area (Å²) in [4.78, 5) is 17.1. The highest BCUT2D eigenvalue weighted by Gasteiger charge is 2.27. The summed E-state index contributed by atoms with van der Waals surface area (Å²) in [6.07, 6.45) is 0. The molecule has 0 aliphatic heterocycles. The van der Waals surface area contributed by atoms with E-state index in [0.717, 1.165) is 9.75 Å². The van der Waals surface area contributed by atoms with Crippen LogP contribution in [0.1, 0.15) is 9.67 Å². The van der Waals surface area contributed by atoms with E-state index in [9.17, 15) is 4.79 Å². The molecule has 1 nitrogen and oxygen atoms in total. The molecular formula is C32H23OPS2. The van der Waals surface area contributed by atoms with Crippen molar-refractivity contribution in [3.8, 4) is 9.75 Å². The Morgan fingerprint density at radius 3 is 1.64 bits per heavy atom. The van der Waals surface area contributed by atoms with Gasteiger partial charge in [0.15, 0.2) is 5.78 Å². The van der Waals surface area contributed by atoms with Crippen molar-refractivity contribution in [3.63, 3.8) is 0 Å². The van der Waals surface area contributed by atoms with E-state index in [0.29, 0.717) is 0 Å². The summed E-state index contributed by atoms with van der Waals surface area (Å²) in [5.41, 5.74) is 0. The molecule has 0 spiro atoms. The van der Waals surface area contributed by atoms with Gasteiger partial charge in [0, 0.05) is 14.5 Å². The van der Waals surface area contributed by atoms with Crippen molar-refractivity contribution >= 4 is 67.1 Å². The zero-order valence-electron chi connectivity index (χ0n) is 19.5. The summed E-state index contributed by atoms with van der Waals surface area (Å²) in [5.74, 6) is 2.10. The van der Waals surface area contributed by atoms with Crippen molar-refractivity contribution in [1.29, 1.82) is 0 Å². The van der Waals surface area contributed by atoms with Gasteiger partial charge in [-0.3, -0.25) is 4.79 Å². The maximum absolute atomic E-state index is 14.0. The van der Waals surface area contributed by atoms with Crippen LogP contribution in [-0.4, -0.2) is 11.6 Å². The molecule has 0 atom stereocenters. The van der Waals surface area contributed by atoms with Crippen LogP contribution in [0.15, 0.2) is 133 Å². The minimum atomic E-state index is -2.33. The van der Waals surface area contributed by atoms with Gasteiger partial charge in [0.2, 0.25) is 0 Å². The number of hydrogen-bond acceptors (Lipinski definition) is 3. The van der Waals surface area contributed by atoms with Crippen molar-refractivity contribution in [1.82, 2.24) is 0 Å². The first kappa shape index (κ1) is 22.9. The van der Waals surface area contributed by atoms with Gasteiger partial charge in [-0.05, 0) is 58.2 Å². The number of benzene rings is 4. The van der Waals surface area contributed by atoms with Gasteiger partial charge >= 0.3 is 0 Å². The van der Waals surface area contributed by atoms with Crippen LogP contribution in [0.3, 0.4) is 0 Å². The van der Waals surface area contributed by atoms with E-state index in [1.807, 2.05) is 30.1 Å². The van der Waals surface area contributed by atoms with Crippen molar-refractivity contribution in [2.45, 2.75) is 0 Å². The average Bonchev–Trinajstić information content (AvgIpc) is 3.61. The molecule has 6 aromatic rings. The molecule has 4 heteroatoms. The molecule has 0 amide bonds. The second-order valence-electron chi connectivity index (χ2n) is 8.54. The third kappa shape index (κ3) is 4.20. The number of carbonyl (C=O) groups is 1. The van der Waals surface area contributed by atoms with Gasteiger partial charge in [-0.2, -0.15) is 0 Å². The Morgan fingerprint density at radius 1 is 0.556 bits per heavy atom. The molecule has 0 N–H and O–H groups in total. The summed E-state index contributed by atoms with van der Waals surface area (Å²) in [5, 5.41) is 4.78. The van der Waals surface area contributed by atoms with Gasteiger partial charge in [0.05, 0.1) is 4.88 Å². The standard InChI is InChI=1S/C32H23OPS2/c33-28(30-20-21-31(36-30)32-22-24-12-10-11-19-29(24)35-32)23-34(25-13-4-1-5-14-25,26-15-6-2-7-16-26)27-17-8-3-9-18-27/h1-23H. The van der Waals surface area contributed by atoms with E-state index in [1.54, 1.807) is 22.7 Å². The molecule has 0 fully saturated rings. The van der Waals surface area contributed by atoms with E-state index < -0.39 is 6.89 Å². The fourth-order valence-corrected chi connectivity index (χ4v) is 10.5. The molecule has 6 rings (SSSR count). The lowest BCUT2D eigenvalue weighted by atomic mass is 10.2. The Morgan fingerprint density at radius 2 is 1.08 bits per heavy atom. The van der Waals surface area contributed by atoms with Crippen LogP contribution in [0, 0.1) is 0 Å². The average molecular weight is 519 g/mol. The van der Waals surface area contributed by atoms with E-state index in [4.69, 9.17) is 0 Å². The Kier molecular flexibility index (Phi) is 6.29. The van der Waals surface area contributed by atoms with E-state index in [2.05, 4.69) is 109 Å². The van der Waals surface area contributed by atoms with Crippen LogP contribution < -0.4 is 15.9 Å². The Labute approximate surface area is 219 Å². The second kappa shape index (κ2) is 9.87. The topological polar surface area (TPSA) is 17.1 Å². The van der Waals surface area contributed by atoms with Crippen LogP contribution in [0.2, 0.25) is 0 Å². The van der Waals surface area contributed by atoms with E-state index >= 15 is 0 Å². The second-order valence-corrected chi connectivity index (χ2v) is 14.0. The SMILES string of the molecule is O=C(C=P(c1ccccc1)(c1ccccc1)c1ccccc1)c1ccc(-c2cc3ccccc3s2)s1. The van der Waals surface area contributed by atoms with Gasteiger partial charge in [-0.15, -0.1) is 22.7 Å². The molecule has 2 heterocycles. The molecule has 0 unspecified atom stereocenters. The molecule has 174 valence electrons. The lowest BCUT2D eigenvalue weighted by Gasteiger charge is -2.28. The minimum absolute atomic E-state index is 0.0808. The fraction of sp³-hybridized carbons (Fsp3) is 0. The van der Waals surface area contributed by atoms with Gasteiger partial charge in [0.1, 0.15) is 0 Å². The molecular weight excluding hydrogens is 495 g/mol. The smallest absolute Gasteiger partial charge is 0.196 e. The maximum Gasteiger partial charge on any atom is 0.196 e. The normalized spacial score (nSPS) is 11.4. The number of thiophene rings is 2. The van der Waals surface area contributed by atoms with Crippen molar-refractivity contribution in [2.75, 3.05) is 0 Å². The minimum Gasteiger partial charge on any atom is -0.288 e. The van der Waals surface area contributed by atoms with Crippen molar-refractivity contribution < 1.29 is 4.79 Å². The Balaban J connectivity index is 1.52. The van der Waals surface area contributed by atoms with Gasteiger partial charge in [-0.1, -0.05) is 109 Å². The van der Waals surface area contributed by atoms with Crippen LogP contribution in [-0.2, 0) is 0 Å². The highest BCUT2D eigenvalue weighted by molar-refractivity contribution is 7.95. The monoisotopic (exact) mass is 518 g/mol. The lowest BCUT2D eigenvalue weighted by molar-refractivity contribution is 0.107. The maximum atomic E-state index is 14.0. The summed E-state index contributed by atoms with van der Waals surface area (Å²) in [6, 6.07) is 46.2. The molecule has 36 heavy (non-hydrogen) atoms. The summed E-state index contributed by atoms with van der Waals surface area (Å²) >= 11 is 3.36. The third-order valence-corrected chi connectivity index (χ3v) is 12.7. The van der Waals surface area contributed by atoms with Crippen LogP contribution in [0.4, 0.5) is 0 Å². The molecule has 4 aromatic carbocycles. The van der Waals surface area contributed by atoms with Crippen LogP contribution in [0.5, 0.6) is 0 Å².